The fraction of sp³-hybridized carbons (Fsp3) is 0.579. The molecule has 1 aliphatic rings. The van der Waals surface area contributed by atoms with Crippen molar-refractivity contribution in [3.63, 3.8) is 0 Å². The van der Waals surface area contributed by atoms with Gasteiger partial charge in [0.1, 0.15) is 12.4 Å². The van der Waals surface area contributed by atoms with Gasteiger partial charge in [-0.05, 0) is 37.1 Å². The number of methoxy groups -OCH3 is 1. The van der Waals surface area contributed by atoms with Crippen molar-refractivity contribution in [1.29, 1.82) is 0 Å². The number of amides is 1. The number of hydrogen-bond acceptors (Lipinski definition) is 4. The van der Waals surface area contributed by atoms with Gasteiger partial charge in [0.15, 0.2) is 0 Å². The Morgan fingerprint density at radius 3 is 2.40 bits per heavy atom. The van der Waals surface area contributed by atoms with Crippen molar-refractivity contribution in [2.24, 2.45) is 5.92 Å². The monoisotopic (exact) mass is 349 g/mol. The average molecular weight is 349 g/mol. The summed E-state index contributed by atoms with van der Waals surface area (Å²) in [5.74, 6) is -0.904. The quantitative estimate of drug-likeness (QED) is 0.740. The van der Waals surface area contributed by atoms with Crippen molar-refractivity contribution in [2.45, 2.75) is 44.6 Å². The van der Waals surface area contributed by atoms with Gasteiger partial charge in [-0.3, -0.25) is 9.59 Å². The molecule has 0 spiro atoms. The predicted molar refractivity (Wildman–Crippen MR) is 93.9 cm³/mol. The van der Waals surface area contributed by atoms with Gasteiger partial charge in [0, 0.05) is 18.7 Å². The third-order valence-electron chi connectivity index (χ3n) is 4.57. The SMILES string of the molecule is COCCOc1ccc(C(=O)NC2CCCCCCC2C(=O)O)cc1. The van der Waals surface area contributed by atoms with E-state index in [0.29, 0.717) is 37.4 Å². The van der Waals surface area contributed by atoms with E-state index in [1.54, 1.807) is 31.4 Å². The van der Waals surface area contributed by atoms with Crippen LogP contribution in [0, 0.1) is 5.92 Å². The molecule has 0 aromatic heterocycles. The van der Waals surface area contributed by atoms with Crippen molar-refractivity contribution in [2.75, 3.05) is 20.3 Å². The minimum Gasteiger partial charge on any atom is -0.491 e. The standard InChI is InChI=1S/C19H27NO5/c1-24-12-13-25-15-10-8-14(9-11-15)18(21)20-17-7-5-3-2-4-6-16(17)19(22)23/h8-11,16-17H,2-7,12-13H2,1H3,(H,20,21)(H,22,23). The van der Waals surface area contributed by atoms with Crippen LogP contribution in [0.5, 0.6) is 5.75 Å². The van der Waals surface area contributed by atoms with Crippen LogP contribution in [0.4, 0.5) is 0 Å². The summed E-state index contributed by atoms with van der Waals surface area (Å²) in [6.07, 6.45) is 5.33. The minimum absolute atomic E-state index is 0.236. The van der Waals surface area contributed by atoms with E-state index in [1.165, 1.54) is 0 Å². The van der Waals surface area contributed by atoms with Gasteiger partial charge >= 0.3 is 5.97 Å². The van der Waals surface area contributed by atoms with Gasteiger partial charge in [-0.15, -0.1) is 0 Å². The largest absolute Gasteiger partial charge is 0.491 e. The molecule has 0 bridgehead atoms. The summed E-state index contributed by atoms with van der Waals surface area (Å²) in [5, 5.41) is 12.4. The fourth-order valence-electron chi connectivity index (χ4n) is 3.15. The molecule has 0 heterocycles. The Morgan fingerprint density at radius 2 is 1.76 bits per heavy atom. The Hall–Kier alpha value is -2.08. The van der Waals surface area contributed by atoms with Crippen molar-refractivity contribution in [1.82, 2.24) is 5.32 Å². The Bertz CT molecular complexity index is 557. The lowest BCUT2D eigenvalue weighted by molar-refractivity contribution is -0.143. The number of ether oxygens (including phenoxy) is 2. The second-order valence-corrected chi connectivity index (χ2v) is 6.38. The first-order valence-electron chi connectivity index (χ1n) is 8.87. The van der Waals surface area contributed by atoms with Gasteiger partial charge in [-0.2, -0.15) is 0 Å². The number of carboxylic acids is 1. The first-order valence-corrected chi connectivity index (χ1v) is 8.87. The van der Waals surface area contributed by atoms with Gasteiger partial charge in [0.05, 0.1) is 12.5 Å². The molecule has 25 heavy (non-hydrogen) atoms. The number of carboxylic acid groups (broad SMARTS) is 1. The molecule has 0 saturated heterocycles. The highest BCUT2D eigenvalue weighted by molar-refractivity contribution is 5.94. The normalized spacial score (nSPS) is 21.0. The highest BCUT2D eigenvalue weighted by atomic mass is 16.5. The summed E-state index contributed by atoms with van der Waals surface area (Å²) in [5.41, 5.74) is 0.505. The lowest BCUT2D eigenvalue weighted by atomic mass is 9.86. The highest BCUT2D eigenvalue weighted by Crippen LogP contribution is 2.24. The molecule has 6 nitrogen and oxygen atoms in total. The van der Waals surface area contributed by atoms with Gasteiger partial charge in [-0.1, -0.05) is 25.7 Å². The van der Waals surface area contributed by atoms with E-state index in [-0.39, 0.29) is 11.9 Å². The molecule has 0 aliphatic heterocycles. The van der Waals surface area contributed by atoms with E-state index in [0.717, 1.165) is 25.7 Å². The van der Waals surface area contributed by atoms with Gasteiger partial charge < -0.3 is 19.9 Å². The number of aliphatic carboxylic acids is 1. The zero-order valence-electron chi connectivity index (χ0n) is 14.7. The number of carbonyl (C=O) groups excluding carboxylic acids is 1. The van der Waals surface area contributed by atoms with Crippen molar-refractivity contribution in [3.8, 4) is 5.75 Å². The molecule has 1 aliphatic carbocycles. The summed E-state index contributed by atoms with van der Waals surface area (Å²) < 4.78 is 10.4. The van der Waals surface area contributed by atoms with Gasteiger partial charge in [0.2, 0.25) is 0 Å². The molecule has 1 aromatic rings. The van der Waals surface area contributed by atoms with Crippen molar-refractivity contribution < 1.29 is 24.2 Å². The van der Waals surface area contributed by atoms with Crippen LogP contribution in [0.1, 0.15) is 48.9 Å². The molecule has 1 amide bonds. The summed E-state index contributed by atoms with van der Waals surface area (Å²) in [7, 11) is 1.61. The molecule has 2 N–H and O–H groups in total. The van der Waals surface area contributed by atoms with E-state index in [9.17, 15) is 14.7 Å². The molecule has 0 radical (unpaired) electrons. The lowest BCUT2D eigenvalue weighted by Crippen LogP contribution is -2.43. The maximum absolute atomic E-state index is 12.5. The fourth-order valence-corrected chi connectivity index (χ4v) is 3.15. The highest BCUT2D eigenvalue weighted by Gasteiger charge is 2.30. The third kappa shape index (κ3) is 6.05. The minimum atomic E-state index is -0.825. The second-order valence-electron chi connectivity index (χ2n) is 6.38. The topological polar surface area (TPSA) is 84.9 Å². The molecule has 138 valence electrons. The number of rotatable bonds is 7. The lowest BCUT2D eigenvalue weighted by Gasteiger charge is -2.27. The van der Waals surface area contributed by atoms with Crippen LogP contribution in [0.2, 0.25) is 0 Å². The van der Waals surface area contributed by atoms with Crippen molar-refractivity contribution >= 4 is 11.9 Å². The average Bonchev–Trinajstić information content (AvgIpc) is 2.58. The third-order valence-corrected chi connectivity index (χ3v) is 4.57. The molecule has 1 saturated carbocycles. The number of hydrogen-bond donors (Lipinski definition) is 2. The van der Waals surface area contributed by atoms with Gasteiger partial charge in [-0.25, -0.2) is 0 Å². The van der Waals surface area contributed by atoms with E-state index in [1.807, 2.05) is 0 Å². The van der Waals surface area contributed by atoms with Crippen LogP contribution in [0.25, 0.3) is 0 Å². The number of carbonyl (C=O) groups is 2. The zero-order valence-corrected chi connectivity index (χ0v) is 14.7. The Labute approximate surface area is 148 Å². The molecular weight excluding hydrogens is 322 g/mol. The first kappa shape index (κ1) is 19.2. The maximum Gasteiger partial charge on any atom is 0.308 e. The summed E-state index contributed by atoms with van der Waals surface area (Å²) >= 11 is 0. The number of nitrogens with one attached hydrogen (secondary N) is 1. The maximum atomic E-state index is 12.5. The van der Waals surface area contributed by atoms with E-state index < -0.39 is 11.9 Å². The van der Waals surface area contributed by atoms with E-state index in [4.69, 9.17) is 9.47 Å². The zero-order chi connectivity index (χ0) is 18.1. The Kier molecular flexibility index (Phi) is 7.73. The van der Waals surface area contributed by atoms with Crippen LogP contribution in [0.3, 0.4) is 0 Å². The van der Waals surface area contributed by atoms with Crippen molar-refractivity contribution in [3.05, 3.63) is 29.8 Å². The van der Waals surface area contributed by atoms with Gasteiger partial charge in [0.25, 0.3) is 5.91 Å². The summed E-state index contributed by atoms with van der Waals surface area (Å²) in [6.45, 7) is 0.949. The predicted octanol–water partition coefficient (Wildman–Crippen LogP) is 2.87. The van der Waals surface area contributed by atoms with Crippen LogP contribution < -0.4 is 10.1 Å². The molecule has 2 unspecified atom stereocenters. The van der Waals surface area contributed by atoms with Crippen LogP contribution in [0.15, 0.2) is 24.3 Å². The first-order chi connectivity index (χ1) is 12.1. The Balaban J connectivity index is 1.97. The number of benzene rings is 1. The van der Waals surface area contributed by atoms with E-state index in [2.05, 4.69) is 5.32 Å². The summed E-state index contributed by atoms with van der Waals surface area (Å²) in [4.78, 5) is 24.0. The molecule has 2 atom stereocenters. The second kappa shape index (κ2) is 10.0. The van der Waals surface area contributed by atoms with Crippen LogP contribution in [-0.4, -0.2) is 43.3 Å². The smallest absolute Gasteiger partial charge is 0.308 e. The molecule has 1 fully saturated rings. The van der Waals surface area contributed by atoms with Crippen LogP contribution >= 0.6 is 0 Å². The molecule has 1 aromatic carbocycles. The Morgan fingerprint density at radius 1 is 1.08 bits per heavy atom. The molecular formula is C19H27NO5. The molecule has 2 rings (SSSR count). The summed E-state index contributed by atoms with van der Waals surface area (Å²) in [6, 6.07) is 6.53. The molecule has 6 heteroatoms. The van der Waals surface area contributed by atoms with Crippen LogP contribution in [-0.2, 0) is 9.53 Å². The van der Waals surface area contributed by atoms with E-state index >= 15 is 0 Å².